The van der Waals surface area contributed by atoms with E-state index in [-0.39, 0.29) is 10.7 Å². The standard InChI is InChI=1S/C29H30FN3O4S/c1-4-6-12-26-32-28(34)27(29(35)33(26)25(5-2)21-9-7-10-22(30)18-21)38(36,37)23-15-13-20(14-16-23)24-11-8-17-31-19(24)3/h7-11,13-18,25,34H,4-6,12H2,1-3H3/t25-/m0/s1. The summed E-state index contributed by atoms with van der Waals surface area (Å²) in [6.45, 7) is 5.66. The zero-order valence-corrected chi connectivity index (χ0v) is 22.4. The molecule has 0 bridgehead atoms. The monoisotopic (exact) mass is 535 g/mol. The van der Waals surface area contributed by atoms with E-state index < -0.39 is 38.0 Å². The summed E-state index contributed by atoms with van der Waals surface area (Å²) < 4.78 is 42.7. The maximum atomic E-state index is 14.1. The van der Waals surface area contributed by atoms with Gasteiger partial charge in [-0.25, -0.2) is 12.8 Å². The lowest BCUT2D eigenvalue weighted by molar-refractivity contribution is 0.406. The summed E-state index contributed by atoms with van der Waals surface area (Å²) in [5, 5.41) is 10.8. The van der Waals surface area contributed by atoms with Gasteiger partial charge >= 0.3 is 0 Å². The average molecular weight is 536 g/mol. The second-order valence-corrected chi connectivity index (χ2v) is 11.0. The number of nitrogens with zero attached hydrogens (tertiary/aromatic N) is 3. The number of pyridine rings is 1. The van der Waals surface area contributed by atoms with Gasteiger partial charge in [-0.15, -0.1) is 0 Å². The molecule has 0 saturated heterocycles. The molecule has 0 aliphatic carbocycles. The van der Waals surface area contributed by atoms with Crippen molar-refractivity contribution in [1.29, 1.82) is 0 Å². The smallest absolute Gasteiger partial charge is 0.277 e. The van der Waals surface area contributed by atoms with Crippen molar-refractivity contribution < 1.29 is 17.9 Å². The summed E-state index contributed by atoms with van der Waals surface area (Å²) in [7, 11) is -4.44. The molecule has 0 amide bonds. The number of hydrogen-bond acceptors (Lipinski definition) is 6. The third kappa shape index (κ3) is 5.24. The van der Waals surface area contributed by atoms with E-state index in [2.05, 4.69) is 9.97 Å². The fourth-order valence-corrected chi connectivity index (χ4v) is 5.96. The van der Waals surface area contributed by atoms with E-state index in [0.29, 0.717) is 24.8 Å². The zero-order valence-electron chi connectivity index (χ0n) is 21.6. The van der Waals surface area contributed by atoms with Gasteiger partial charge in [-0.2, -0.15) is 4.98 Å². The molecular formula is C29H30FN3O4S. The molecule has 0 aliphatic heterocycles. The van der Waals surface area contributed by atoms with Gasteiger partial charge in [0.05, 0.1) is 10.9 Å². The van der Waals surface area contributed by atoms with Crippen LogP contribution in [0.4, 0.5) is 4.39 Å². The number of halogens is 1. The van der Waals surface area contributed by atoms with Gasteiger partial charge in [0.15, 0.2) is 4.90 Å². The number of aromatic hydroxyl groups is 1. The van der Waals surface area contributed by atoms with Crippen LogP contribution in [0.2, 0.25) is 0 Å². The minimum absolute atomic E-state index is 0.149. The van der Waals surface area contributed by atoms with E-state index in [4.69, 9.17) is 0 Å². The van der Waals surface area contributed by atoms with Crippen molar-refractivity contribution in [2.24, 2.45) is 0 Å². The van der Waals surface area contributed by atoms with Crippen LogP contribution in [0.1, 0.15) is 56.2 Å². The fraction of sp³-hybridized carbons (Fsp3) is 0.276. The van der Waals surface area contributed by atoms with E-state index in [1.165, 1.54) is 28.8 Å². The first kappa shape index (κ1) is 27.2. The number of rotatable bonds is 9. The molecule has 4 aromatic rings. The summed E-state index contributed by atoms with van der Waals surface area (Å²) in [5.41, 5.74) is 2.04. The lowest BCUT2D eigenvalue weighted by Gasteiger charge is -2.23. The Hall–Kier alpha value is -3.85. The Kier molecular flexibility index (Phi) is 8.06. The molecule has 7 nitrogen and oxygen atoms in total. The van der Waals surface area contributed by atoms with E-state index in [0.717, 1.165) is 23.2 Å². The number of unbranched alkanes of at least 4 members (excludes halogenated alkanes) is 1. The molecule has 1 atom stereocenters. The van der Waals surface area contributed by atoms with E-state index in [1.807, 2.05) is 26.8 Å². The highest BCUT2D eigenvalue weighted by molar-refractivity contribution is 7.91. The highest BCUT2D eigenvalue weighted by Crippen LogP contribution is 2.30. The van der Waals surface area contributed by atoms with Crippen molar-refractivity contribution in [1.82, 2.24) is 14.5 Å². The normalized spacial score (nSPS) is 12.4. The molecule has 2 heterocycles. The van der Waals surface area contributed by atoms with E-state index in [9.17, 15) is 22.7 Å². The quantitative estimate of drug-likeness (QED) is 0.298. The van der Waals surface area contributed by atoms with Gasteiger partial charge in [0, 0.05) is 23.9 Å². The molecule has 0 spiro atoms. The van der Waals surface area contributed by atoms with Gasteiger partial charge in [0.2, 0.25) is 15.7 Å². The highest BCUT2D eigenvalue weighted by Gasteiger charge is 2.31. The summed E-state index contributed by atoms with van der Waals surface area (Å²) in [6, 6.07) is 14.9. The topological polar surface area (TPSA) is 102 Å². The molecule has 0 unspecified atom stereocenters. The second kappa shape index (κ2) is 11.3. The lowest BCUT2D eigenvalue weighted by atomic mass is 10.0. The molecule has 0 aliphatic rings. The predicted molar refractivity (Wildman–Crippen MR) is 143 cm³/mol. The number of aromatic nitrogens is 3. The average Bonchev–Trinajstić information content (AvgIpc) is 2.89. The van der Waals surface area contributed by atoms with Gasteiger partial charge in [-0.1, -0.05) is 50.6 Å². The van der Waals surface area contributed by atoms with E-state index >= 15 is 0 Å². The number of benzene rings is 2. The van der Waals surface area contributed by atoms with Crippen molar-refractivity contribution in [3.63, 3.8) is 0 Å². The van der Waals surface area contributed by atoms with Crippen LogP contribution in [0.3, 0.4) is 0 Å². The Morgan fingerprint density at radius 3 is 2.42 bits per heavy atom. The van der Waals surface area contributed by atoms with Crippen LogP contribution in [0.5, 0.6) is 5.88 Å². The van der Waals surface area contributed by atoms with Crippen LogP contribution in [-0.2, 0) is 16.3 Å². The molecule has 2 aromatic heterocycles. The molecule has 1 N–H and O–H groups in total. The van der Waals surface area contributed by atoms with E-state index in [1.54, 1.807) is 36.5 Å². The molecule has 0 saturated carbocycles. The molecule has 38 heavy (non-hydrogen) atoms. The molecule has 198 valence electrons. The van der Waals surface area contributed by atoms with Crippen LogP contribution in [0.15, 0.2) is 81.4 Å². The van der Waals surface area contributed by atoms with Crippen molar-refractivity contribution in [2.75, 3.05) is 0 Å². The number of sulfone groups is 1. The largest absolute Gasteiger partial charge is 0.492 e. The Morgan fingerprint density at radius 2 is 1.79 bits per heavy atom. The SMILES string of the molecule is CCCCc1nc(O)c(S(=O)(=O)c2ccc(-c3cccnc3C)cc2)c(=O)n1[C@@H](CC)c1cccc(F)c1. The maximum Gasteiger partial charge on any atom is 0.277 e. The summed E-state index contributed by atoms with van der Waals surface area (Å²) in [6.07, 6.45) is 3.89. The minimum Gasteiger partial charge on any atom is -0.492 e. The van der Waals surface area contributed by atoms with Gasteiger partial charge in [0.25, 0.3) is 5.56 Å². The molecule has 9 heteroatoms. The zero-order chi connectivity index (χ0) is 27.4. The first-order chi connectivity index (χ1) is 18.2. The van der Waals surface area contributed by atoms with Crippen LogP contribution in [0, 0.1) is 12.7 Å². The Balaban J connectivity index is 1.87. The number of aryl methyl sites for hydroxylation is 2. The first-order valence-electron chi connectivity index (χ1n) is 12.6. The van der Waals surface area contributed by atoms with Crippen LogP contribution in [-0.4, -0.2) is 28.1 Å². The highest BCUT2D eigenvalue weighted by atomic mass is 32.2. The van der Waals surface area contributed by atoms with Gasteiger partial charge in [-0.3, -0.25) is 14.3 Å². The summed E-state index contributed by atoms with van der Waals surface area (Å²) in [4.78, 5) is 21.4. The molecular weight excluding hydrogens is 505 g/mol. The molecule has 2 aromatic carbocycles. The van der Waals surface area contributed by atoms with Crippen molar-refractivity contribution >= 4 is 9.84 Å². The number of hydrogen-bond donors (Lipinski definition) is 1. The Labute approximate surface area is 221 Å². The summed E-state index contributed by atoms with van der Waals surface area (Å²) >= 11 is 0. The van der Waals surface area contributed by atoms with Gasteiger partial charge < -0.3 is 5.11 Å². The van der Waals surface area contributed by atoms with Crippen LogP contribution < -0.4 is 5.56 Å². The minimum atomic E-state index is -4.44. The maximum absolute atomic E-state index is 14.1. The van der Waals surface area contributed by atoms with Crippen molar-refractivity contribution in [3.8, 4) is 17.0 Å². The van der Waals surface area contributed by atoms with Crippen molar-refractivity contribution in [3.05, 3.63) is 100 Å². The molecule has 0 radical (unpaired) electrons. The third-order valence-corrected chi connectivity index (χ3v) is 8.35. The van der Waals surface area contributed by atoms with Gasteiger partial charge in [0.1, 0.15) is 11.6 Å². The Morgan fingerprint density at radius 1 is 1.05 bits per heavy atom. The van der Waals surface area contributed by atoms with Crippen LogP contribution >= 0.6 is 0 Å². The van der Waals surface area contributed by atoms with Crippen LogP contribution in [0.25, 0.3) is 11.1 Å². The summed E-state index contributed by atoms with van der Waals surface area (Å²) in [5.74, 6) is -1.04. The predicted octanol–water partition coefficient (Wildman–Crippen LogP) is 5.63. The first-order valence-corrected chi connectivity index (χ1v) is 14.0. The Bertz CT molecular complexity index is 1620. The second-order valence-electron chi connectivity index (χ2n) is 9.10. The fourth-order valence-electron chi connectivity index (χ4n) is 4.62. The lowest BCUT2D eigenvalue weighted by Crippen LogP contribution is -2.33. The van der Waals surface area contributed by atoms with Crippen molar-refractivity contribution in [2.45, 2.75) is 62.3 Å². The molecule has 0 fully saturated rings. The van der Waals surface area contributed by atoms with Gasteiger partial charge in [-0.05, 0) is 61.2 Å². The third-order valence-electron chi connectivity index (χ3n) is 6.57. The molecule has 4 rings (SSSR count).